The average molecular weight is 214 g/mol. The first-order valence-corrected chi connectivity index (χ1v) is 4.36. The summed E-state index contributed by atoms with van der Waals surface area (Å²) in [4.78, 5) is 0. The Morgan fingerprint density at radius 1 is 1.36 bits per heavy atom. The highest BCUT2D eigenvalue weighted by atomic mass is 19.4. The summed E-state index contributed by atoms with van der Waals surface area (Å²) in [7, 11) is 0. The van der Waals surface area contributed by atoms with E-state index in [0.717, 1.165) is 0 Å². The van der Waals surface area contributed by atoms with Gasteiger partial charge in [0, 0.05) is 6.42 Å². The van der Waals surface area contributed by atoms with Gasteiger partial charge in [-0.3, -0.25) is 0 Å². The lowest BCUT2D eigenvalue weighted by Crippen LogP contribution is -2.44. The fraction of sp³-hybridized carbons (Fsp3) is 1.00. The normalized spacial score (nSPS) is 24.6. The van der Waals surface area contributed by atoms with Gasteiger partial charge < -0.3 is 14.6 Å². The Labute approximate surface area is 79.8 Å². The zero-order valence-corrected chi connectivity index (χ0v) is 7.80. The summed E-state index contributed by atoms with van der Waals surface area (Å²) < 4.78 is 46.1. The van der Waals surface area contributed by atoms with Gasteiger partial charge in [0.2, 0.25) is 0 Å². The highest BCUT2D eigenvalue weighted by molar-refractivity contribution is 4.76. The number of hydrogen-bond acceptors (Lipinski definition) is 3. The molecule has 0 aromatic carbocycles. The number of aliphatic hydroxyl groups is 1. The van der Waals surface area contributed by atoms with E-state index in [1.165, 1.54) is 6.92 Å². The zero-order valence-electron chi connectivity index (χ0n) is 7.80. The van der Waals surface area contributed by atoms with Crippen LogP contribution in [0.15, 0.2) is 0 Å². The van der Waals surface area contributed by atoms with Crippen LogP contribution in [-0.2, 0) is 9.47 Å². The number of rotatable bonds is 2. The van der Waals surface area contributed by atoms with Crippen molar-refractivity contribution in [1.82, 2.24) is 0 Å². The van der Waals surface area contributed by atoms with Crippen molar-refractivity contribution in [2.24, 2.45) is 0 Å². The first-order valence-electron chi connectivity index (χ1n) is 4.36. The van der Waals surface area contributed by atoms with Crippen LogP contribution in [0.1, 0.15) is 19.8 Å². The van der Waals surface area contributed by atoms with Gasteiger partial charge in [0.05, 0.1) is 13.2 Å². The van der Waals surface area contributed by atoms with Crippen molar-refractivity contribution in [3.8, 4) is 0 Å². The highest BCUT2D eigenvalue weighted by Crippen LogP contribution is 2.30. The van der Waals surface area contributed by atoms with Crippen molar-refractivity contribution in [2.75, 3.05) is 13.2 Å². The number of ether oxygens (including phenoxy) is 2. The molecule has 14 heavy (non-hydrogen) atoms. The smallest absolute Gasteiger partial charge is 0.383 e. The van der Waals surface area contributed by atoms with Gasteiger partial charge in [-0.1, -0.05) is 0 Å². The van der Waals surface area contributed by atoms with E-state index >= 15 is 0 Å². The third kappa shape index (κ3) is 3.11. The van der Waals surface area contributed by atoms with Gasteiger partial charge in [0.15, 0.2) is 11.9 Å². The minimum absolute atomic E-state index is 0.362. The molecule has 0 radical (unpaired) electrons. The monoisotopic (exact) mass is 214 g/mol. The van der Waals surface area contributed by atoms with Gasteiger partial charge in [-0.15, -0.1) is 0 Å². The molecule has 84 valence electrons. The topological polar surface area (TPSA) is 38.7 Å². The van der Waals surface area contributed by atoms with Crippen molar-refractivity contribution in [3.63, 3.8) is 0 Å². The quantitative estimate of drug-likeness (QED) is 0.756. The van der Waals surface area contributed by atoms with Crippen molar-refractivity contribution in [2.45, 2.75) is 37.8 Å². The second kappa shape index (κ2) is 4.04. The lowest BCUT2D eigenvalue weighted by molar-refractivity contribution is -0.292. The molecule has 0 bridgehead atoms. The Bertz CT molecular complexity index is 187. The van der Waals surface area contributed by atoms with E-state index < -0.39 is 24.5 Å². The number of halogens is 3. The summed E-state index contributed by atoms with van der Waals surface area (Å²) >= 11 is 0. The summed E-state index contributed by atoms with van der Waals surface area (Å²) in [6.07, 6.45) is -6.94. The van der Waals surface area contributed by atoms with Crippen molar-refractivity contribution >= 4 is 0 Å². The highest BCUT2D eigenvalue weighted by Gasteiger charge is 2.44. The van der Waals surface area contributed by atoms with E-state index in [2.05, 4.69) is 0 Å². The third-order valence-electron chi connectivity index (χ3n) is 2.05. The van der Waals surface area contributed by atoms with Gasteiger partial charge in [0.25, 0.3) is 0 Å². The van der Waals surface area contributed by atoms with Crippen LogP contribution >= 0.6 is 0 Å². The molecule has 1 rings (SSSR count). The van der Waals surface area contributed by atoms with Crippen LogP contribution in [0.3, 0.4) is 0 Å². The molecule has 0 saturated carbocycles. The van der Waals surface area contributed by atoms with Crippen LogP contribution in [0, 0.1) is 0 Å². The lowest BCUT2D eigenvalue weighted by Gasteiger charge is -2.35. The molecule has 0 spiro atoms. The van der Waals surface area contributed by atoms with Crippen LogP contribution in [-0.4, -0.2) is 36.4 Å². The van der Waals surface area contributed by atoms with Crippen LogP contribution < -0.4 is 0 Å². The largest absolute Gasteiger partial charge is 0.414 e. The van der Waals surface area contributed by atoms with E-state index in [1.54, 1.807) is 0 Å². The van der Waals surface area contributed by atoms with E-state index in [9.17, 15) is 13.2 Å². The van der Waals surface area contributed by atoms with Gasteiger partial charge >= 0.3 is 6.18 Å². The molecule has 0 aromatic rings. The molecule has 1 fully saturated rings. The molecule has 1 N–H and O–H groups in total. The molecule has 3 nitrogen and oxygen atoms in total. The van der Waals surface area contributed by atoms with Crippen molar-refractivity contribution < 1.29 is 27.8 Å². The molecule has 1 aliphatic rings. The molecule has 1 atom stereocenters. The van der Waals surface area contributed by atoms with Crippen molar-refractivity contribution in [1.29, 1.82) is 0 Å². The first kappa shape index (κ1) is 11.7. The Balaban J connectivity index is 2.49. The van der Waals surface area contributed by atoms with E-state index in [1.807, 2.05) is 0 Å². The summed E-state index contributed by atoms with van der Waals surface area (Å²) in [5.74, 6) is -1.31. The number of hydrogen-bond donors (Lipinski definition) is 1. The van der Waals surface area contributed by atoms with E-state index in [4.69, 9.17) is 14.6 Å². The fourth-order valence-electron chi connectivity index (χ4n) is 1.26. The molecule has 0 amide bonds. The summed E-state index contributed by atoms with van der Waals surface area (Å²) in [5, 5.41) is 8.82. The molecular weight excluding hydrogens is 201 g/mol. The minimum atomic E-state index is -4.62. The van der Waals surface area contributed by atoms with Crippen LogP contribution in [0.5, 0.6) is 0 Å². The standard InChI is InChI=1S/C8H13F3O3/c1-7(13-3-2-4-14-7)5-6(12)8(9,10)11/h6,12H,2-5H2,1H3. The summed E-state index contributed by atoms with van der Waals surface area (Å²) in [6, 6.07) is 0. The average Bonchev–Trinajstić information content (AvgIpc) is 2.02. The second-order valence-corrected chi connectivity index (χ2v) is 3.45. The molecular formula is C8H13F3O3. The minimum Gasteiger partial charge on any atom is -0.383 e. The molecule has 6 heteroatoms. The predicted molar refractivity (Wildman–Crippen MR) is 41.6 cm³/mol. The molecule has 1 heterocycles. The number of aliphatic hydroxyl groups excluding tert-OH is 1. The van der Waals surface area contributed by atoms with Gasteiger partial charge in [-0.05, 0) is 13.3 Å². The summed E-state index contributed by atoms with van der Waals surface area (Å²) in [6.45, 7) is 2.13. The van der Waals surface area contributed by atoms with E-state index in [-0.39, 0.29) is 0 Å². The van der Waals surface area contributed by atoms with Gasteiger partial charge in [0.1, 0.15) is 0 Å². The maximum atomic E-state index is 12.0. The Kier molecular flexibility index (Phi) is 3.39. The second-order valence-electron chi connectivity index (χ2n) is 3.45. The Morgan fingerprint density at radius 3 is 2.29 bits per heavy atom. The van der Waals surface area contributed by atoms with Crippen LogP contribution in [0.25, 0.3) is 0 Å². The molecule has 0 aromatic heterocycles. The Morgan fingerprint density at radius 2 is 1.86 bits per heavy atom. The molecule has 1 aliphatic heterocycles. The number of alkyl halides is 3. The maximum absolute atomic E-state index is 12.0. The Hall–Kier alpha value is -0.330. The molecule has 1 saturated heterocycles. The molecule has 1 unspecified atom stereocenters. The van der Waals surface area contributed by atoms with Crippen LogP contribution in [0.2, 0.25) is 0 Å². The third-order valence-corrected chi connectivity index (χ3v) is 2.05. The van der Waals surface area contributed by atoms with E-state index in [0.29, 0.717) is 19.6 Å². The summed E-state index contributed by atoms with van der Waals surface area (Å²) in [5.41, 5.74) is 0. The van der Waals surface area contributed by atoms with Gasteiger partial charge in [-0.2, -0.15) is 13.2 Å². The molecule has 0 aliphatic carbocycles. The maximum Gasteiger partial charge on any atom is 0.414 e. The zero-order chi connectivity index (χ0) is 10.8. The lowest BCUT2D eigenvalue weighted by atomic mass is 10.1. The van der Waals surface area contributed by atoms with Crippen molar-refractivity contribution in [3.05, 3.63) is 0 Å². The SMILES string of the molecule is CC1(CC(O)C(F)(F)F)OCCCO1. The van der Waals surface area contributed by atoms with Crippen LogP contribution in [0.4, 0.5) is 13.2 Å². The predicted octanol–water partition coefficient (Wildman–Crippen LogP) is 1.45. The first-order chi connectivity index (χ1) is 6.33. The van der Waals surface area contributed by atoms with Gasteiger partial charge in [-0.25, -0.2) is 0 Å². The fourth-order valence-corrected chi connectivity index (χ4v) is 1.26.